The molecule has 0 saturated carbocycles. The highest BCUT2D eigenvalue weighted by molar-refractivity contribution is 5.85. The van der Waals surface area contributed by atoms with Crippen LogP contribution in [0.3, 0.4) is 0 Å². The van der Waals surface area contributed by atoms with Crippen LogP contribution in [0.2, 0.25) is 0 Å². The number of halogens is 2. The van der Waals surface area contributed by atoms with Crippen LogP contribution in [-0.4, -0.2) is 59.4 Å². The van der Waals surface area contributed by atoms with E-state index in [0.717, 1.165) is 44.8 Å². The molecule has 126 valence electrons. The largest absolute Gasteiger partial charge is 0.365 e. The van der Waals surface area contributed by atoms with E-state index >= 15 is 0 Å². The number of carbonyl (C=O) groups is 1. The lowest BCUT2D eigenvalue weighted by Gasteiger charge is -2.35. The Morgan fingerprint density at radius 1 is 1.32 bits per heavy atom. The topological polar surface area (TPSA) is 53.4 Å². The number of rotatable bonds is 3. The number of anilines is 1. The quantitative estimate of drug-likeness (QED) is 0.886. The Kier molecular flexibility index (Phi) is 7.45. The van der Waals surface area contributed by atoms with Crippen molar-refractivity contribution in [1.82, 2.24) is 20.0 Å². The maximum atomic E-state index is 12.3. The number of carbonyl (C=O) groups excluding carboxylic acids is 1. The molecule has 0 radical (unpaired) electrons. The molecule has 0 aromatic carbocycles. The Morgan fingerprint density at radius 3 is 2.59 bits per heavy atom. The fraction of sp³-hybridized carbons (Fsp3) is 0.714. The highest BCUT2D eigenvalue weighted by Crippen LogP contribution is 2.16. The minimum Gasteiger partial charge on any atom is -0.365 e. The maximum Gasteiger partial charge on any atom is 0.224 e. The van der Waals surface area contributed by atoms with Crippen LogP contribution in [0, 0.1) is 0 Å². The van der Waals surface area contributed by atoms with Gasteiger partial charge in [-0.3, -0.25) is 9.48 Å². The first kappa shape index (κ1) is 19.1. The second kappa shape index (κ2) is 8.60. The van der Waals surface area contributed by atoms with Gasteiger partial charge in [0.15, 0.2) is 0 Å². The zero-order valence-corrected chi connectivity index (χ0v) is 14.5. The van der Waals surface area contributed by atoms with E-state index < -0.39 is 0 Å². The van der Waals surface area contributed by atoms with Crippen molar-refractivity contribution in [2.24, 2.45) is 7.05 Å². The van der Waals surface area contributed by atoms with Crippen molar-refractivity contribution in [1.29, 1.82) is 0 Å². The molecule has 1 atom stereocenters. The molecule has 1 N–H and O–H groups in total. The van der Waals surface area contributed by atoms with Crippen LogP contribution in [0.5, 0.6) is 0 Å². The minimum atomic E-state index is 0. The van der Waals surface area contributed by atoms with Crippen molar-refractivity contribution in [2.75, 3.05) is 37.6 Å². The average Bonchev–Trinajstić information content (AvgIpc) is 3.10. The lowest BCUT2D eigenvalue weighted by molar-refractivity contribution is -0.131. The second-order valence-corrected chi connectivity index (χ2v) is 5.74. The SMILES string of the molecule is Cl.Cl.Cn1cc(N2CCN(C(=O)CC3CCCN3)CC2)cn1. The highest BCUT2D eigenvalue weighted by atomic mass is 35.5. The Morgan fingerprint density at radius 2 is 2.05 bits per heavy atom. The summed E-state index contributed by atoms with van der Waals surface area (Å²) in [6.45, 7) is 4.50. The summed E-state index contributed by atoms with van der Waals surface area (Å²) in [5.41, 5.74) is 1.15. The zero-order chi connectivity index (χ0) is 13.9. The van der Waals surface area contributed by atoms with Gasteiger partial charge in [-0.1, -0.05) is 0 Å². The smallest absolute Gasteiger partial charge is 0.224 e. The lowest BCUT2D eigenvalue weighted by Crippen LogP contribution is -2.49. The predicted molar refractivity (Wildman–Crippen MR) is 92.1 cm³/mol. The van der Waals surface area contributed by atoms with Crippen LogP contribution < -0.4 is 10.2 Å². The third kappa shape index (κ3) is 4.51. The van der Waals surface area contributed by atoms with Gasteiger partial charge >= 0.3 is 0 Å². The van der Waals surface area contributed by atoms with Gasteiger partial charge in [-0.2, -0.15) is 5.10 Å². The molecule has 8 heteroatoms. The Bertz CT molecular complexity index is 468. The number of aryl methyl sites for hydroxylation is 1. The lowest BCUT2D eigenvalue weighted by atomic mass is 10.1. The average molecular weight is 350 g/mol. The molecule has 6 nitrogen and oxygen atoms in total. The molecule has 0 aliphatic carbocycles. The summed E-state index contributed by atoms with van der Waals surface area (Å²) in [6, 6.07) is 0.402. The van der Waals surface area contributed by atoms with E-state index in [1.807, 2.05) is 29.0 Å². The Hall–Kier alpha value is -0.980. The first-order valence-electron chi connectivity index (χ1n) is 7.47. The van der Waals surface area contributed by atoms with Gasteiger partial charge in [0, 0.05) is 51.9 Å². The van der Waals surface area contributed by atoms with Gasteiger partial charge in [-0.05, 0) is 19.4 Å². The fourth-order valence-electron chi connectivity index (χ4n) is 3.06. The van der Waals surface area contributed by atoms with Crippen LogP contribution in [0.4, 0.5) is 5.69 Å². The van der Waals surface area contributed by atoms with Crippen LogP contribution in [0.25, 0.3) is 0 Å². The number of piperazine rings is 1. The Balaban J connectivity index is 0.00000121. The third-order valence-electron chi connectivity index (χ3n) is 4.27. The molecule has 1 aromatic heterocycles. The van der Waals surface area contributed by atoms with Crippen molar-refractivity contribution in [3.63, 3.8) is 0 Å². The van der Waals surface area contributed by atoms with Crippen molar-refractivity contribution in [2.45, 2.75) is 25.3 Å². The standard InChI is InChI=1S/C14H23N5O.2ClH/c1-17-11-13(10-16-17)18-5-7-19(8-6-18)14(20)9-12-3-2-4-15-12;;/h10-12,15H,2-9H2,1H3;2*1H. The van der Waals surface area contributed by atoms with Crippen LogP contribution in [0.15, 0.2) is 12.4 Å². The number of hydrogen-bond acceptors (Lipinski definition) is 4. The summed E-state index contributed by atoms with van der Waals surface area (Å²) in [7, 11) is 1.93. The van der Waals surface area contributed by atoms with Crippen LogP contribution in [-0.2, 0) is 11.8 Å². The monoisotopic (exact) mass is 349 g/mol. The molecule has 2 aliphatic heterocycles. The number of nitrogens with one attached hydrogen (secondary N) is 1. The summed E-state index contributed by atoms with van der Waals surface area (Å²) >= 11 is 0. The number of nitrogens with zero attached hydrogens (tertiary/aromatic N) is 4. The van der Waals surface area contributed by atoms with Crippen LogP contribution in [0.1, 0.15) is 19.3 Å². The van der Waals surface area contributed by atoms with E-state index in [9.17, 15) is 4.79 Å². The summed E-state index contributed by atoms with van der Waals surface area (Å²) in [6.07, 6.45) is 6.92. The van der Waals surface area contributed by atoms with Gasteiger partial charge in [0.25, 0.3) is 0 Å². The van der Waals surface area contributed by atoms with Gasteiger partial charge in [0.05, 0.1) is 11.9 Å². The van der Waals surface area contributed by atoms with E-state index in [-0.39, 0.29) is 24.8 Å². The van der Waals surface area contributed by atoms with Crippen LogP contribution >= 0.6 is 24.8 Å². The summed E-state index contributed by atoms with van der Waals surface area (Å²) < 4.78 is 1.82. The summed E-state index contributed by atoms with van der Waals surface area (Å²) in [5.74, 6) is 0.301. The molecule has 1 amide bonds. The van der Waals surface area contributed by atoms with E-state index in [1.165, 1.54) is 6.42 Å². The molecule has 3 heterocycles. The second-order valence-electron chi connectivity index (χ2n) is 5.74. The third-order valence-corrected chi connectivity index (χ3v) is 4.27. The van der Waals surface area contributed by atoms with Gasteiger partial charge in [-0.15, -0.1) is 24.8 Å². The molecule has 1 aromatic rings. The molecule has 2 fully saturated rings. The molecule has 3 rings (SSSR count). The molecular weight excluding hydrogens is 325 g/mol. The maximum absolute atomic E-state index is 12.3. The van der Waals surface area contributed by atoms with Crippen molar-refractivity contribution in [3.8, 4) is 0 Å². The van der Waals surface area contributed by atoms with Gasteiger partial charge in [0.2, 0.25) is 5.91 Å². The predicted octanol–water partition coefficient (Wildman–Crippen LogP) is 1.05. The first-order valence-corrected chi connectivity index (χ1v) is 7.47. The number of amides is 1. The molecule has 22 heavy (non-hydrogen) atoms. The highest BCUT2D eigenvalue weighted by Gasteiger charge is 2.25. The molecule has 0 spiro atoms. The fourth-order valence-corrected chi connectivity index (χ4v) is 3.06. The van der Waals surface area contributed by atoms with E-state index in [4.69, 9.17) is 0 Å². The molecule has 2 aliphatic rings. The van der Waals surface area contributed by atoms with E-state index in [0.29, 0.717) is 18.4 Å². The molecule has 0 bridgehead atoms. The molecular formula is C14H25Cl2N5O. The Labute approximate surface area is 144 Å². The summed E-state index contributed by atoms with van der Waals surface area (Å²) in [5, 5.41) is 7.60. The molecule has 1 unspecified atom stereocenters. The first-order chi connectivity index (χ1) is 9.72. The van der Waals surface area contributed by atoms with Gasteiger partial charge in [0.1, 0.15) is 0 Å². The molecule has 2 saturated heterocycles. The number of hydrogen-bond donors (Lipinski definition) is 1. The summed E-state index contributed by atoms with van der Waals surface area (Å²) in [4.78, 5) is 16.6. The normalized spacial score (nSPS) is 21.2. The van der Waals surface area contributed by atoms with Crippen molar-refractivity contribution >= 4 is 36.4 Å². The minimum absolute atomic E-state index is 0. The van der Waals surface area contributed by atoms with E-state index in [1.54, 1.807) is 0 Å². The zero-order valence-electron chi connectivity index (χ0n) is 12.9. The van der Waals surface area contributed by atoms with Gasteiger partial charge < -0.3 is 15.1 Å². The van der Waals surface area contributed by atoms with Crippen molar-refractivity contribution < 1.29 is 4.79 Å². The number of aromatic nitrogens is 2. The van der Waals surface area contributed by atoms with Crippen molar-refractivity contribution in [3.05, 3.63) is 12.4 Å². The van der Waals surface area contributed by atoms with E-state index in [2.05, 4.69) is 15.3 Å². The van der Waals surface area contributed by atoms with Gasteiger partial charge in [-0.25, -0.2) is 0 Å².